The number of carbonyl (C=O) groups is 2. The third-order valence-corrected chi connectivity index (χ3v) is 10.1. The van der Waals surface area contributed by atoms with E-state index in [4.69, 9.17) is 21.3 Å². The molecule has 2 fully saturated rings. The second-order valence-electron chi connectivity index (χ2n) is 13.3. The Hall–Kier alpha value is -4.90. The van der Waals surface area contributed by atoms with Crippen molar-refractivity contribution in [2.45, 2.75) is 71.3 Å². The van der Waals surface area contributed by atoms with Crippen molar-refractivity contribution in [2.24, 2.45) is 0 Å². The zero-order valence-corrected chi connectivity index (χ0v) is 29.5. The van der Waals surface area contributed by atoms with Crippen LogP contribution < -0.4 is 21.3 Å². The summed E-state index contributed by atoms with van der Waals surface area (Å²) in [6.07, 6.45) is 1.21. The lowest BCUT2D eigenvalue weighted by molar-refractivity contribution is -0.137. The summed E-state index contributed by atoms with van der Waals surface area (Å²) in [6.45, 7) is 6.29. The minimum Gasteiger partial charge on any atom is -0.377 e. The molecule has 1 atom stereocenters. The predicted molar refractivity (Wildman–Crippen MR) is 186 cm³/mol. The highest BCUT2D eigenvalue weighted by Crippen LogP contribution is 2.37. The van der Waals surface area contributed by atoms with E-state index in [0.29, 0.717) is 37.6 Å². The molecule has 14 nitrogen and oxygen atoms in total. The van der Waals surface area contributed by atoms with Gasteiger partial charge in [0.15, 0.2) is 5.82 Å². The quantitative estimate of drug-likeness (QED) is 0.275. The Kier molecular flexibility index (Phi) is 9.27. The highest BCUT2D eigenvalue weighted by molar-refractivity contribution is 6.31. The van der Waals surface area contributed by atoms with Crippen LogP contribution in [0.1, 0.15) is 72.2 Å². The van der Waals surface area contributed by atoms with Crippen molar-refractivity contribution in [3.8, 4) is 0 Å². The zero-order chi connectivity index (χ0) is 37.1. The van der Waals surface area contributed by atoms with E-state index in [-0.39, 0.29) is 66.1 Å². The van der Waals surface area contributed by atoms with E-state index in [9.17, 15) is 32.3 Å². The lowest BCUT2D eigenvalue weighted by Gasteiger charge is -2.41. The van der Waals surface area contributed by atoms with E-state index in [0.717, 1.165) is 35.1 Å². The van der Waals surface area contributed by atoms with E-state index < -0.39 is 40.2 Å². The predicted octanol–water partition coefficient (Wildman–Crippen LogP) is 4.05. The highest BCUT2D eigenvalue weighted by atomic mass is 35.5. The molecule has 18 heteroatoms. The number of rotatable bonds is 8. The van der Waals surface area contributed by atoms with Crippen LogP contribution in [-0.2, 0) is 28.7 Å². The number of alkyl halides is 3. The van der Waals surface area contributed by atoms with Crippen molar-refractivity contribution in [2.75, 3.05) is 43.1 Å². The summed E-state index contributed by atoms with van der Waals surface area (Å²) < 4.78 is 50.0. The number of hydrogen-bond donors (Lipinski definition) is 2. The number of nitrogens with one attached hydrogen (secondary N) is 2. The number of aromatic amines is 1. The molecule has 3 aromatic heterocycles. The van der Waals surface area contributed by atoms with Crippen LogP contribution in [0.5, 0.6) is 0 Å². The molecule has 52 heavy (non-hydrogen) atoms. The molecule has 2 amide bonds. The van der Waals surface area contributed by atoms with Gasteiger partial charge < -0.3 is 29.5 Å². The van der Waals surface area contributed by atoms with Crippen molar-refractivity contribution in [1.29, 1.82) is 0 Å². The number of nitrogens with zero attached hydrogens (tertiary/aromatic N) is 7. The number of ether oxygens (including phenoxy) is 1. The van der Waals surface area contributed by atoms with Gasteiger partial charge >= 0.3 is 6.18 Å². The molecule has 1 aliphatic carbocycles. The van der Waals surface area contributed by atoms with Crippen LogP contribution in [0.15, 0.2) is 34.0 Å². The van der Waals surface area contributed by atoms with E-state index in [1.807, 2.05) is 24.8 Å². The molecule has 4 aromatic rings. The van der Waals surface area contributed by atoms with Crippen LogP contribution in [0.2, 0.25) is 5.02 Å². The normalized spacial score (nSPS) is 18.2. The fraction of sp³-hybridized carbons (Fsp3) is 0.471. The molecule has 1 saturated carbocycles. The Balaban J connectivity index is 1.23. The molecule has 5 heterocycles. The minimum absolute atomic E-state index is 0.0679. The molecule has 276 valence electrons. The molecule has 0 spiro atoms. The summed E-state index contributed by atoms with van der Waals surface area (Å²) in [5, 5.41) is 9.60. The molecule has 0 unspecified atom stereocenters. The number of hydrogen-bond acceptors (Lipinski definition) is 8. The number of fused-ring (bicyclic) bond motifs is 1. The molecular weight excluding hydrogens is 707 g/mol. The molecule has 2 N–H and O–H groups in total. The molecule has 7 rings (SSSR count). The van der Waals surface area contributed by atoms with Gasteiger partial charge in [-0.15, -0.1) is 5.10 Å². The lowest BCUT2D eigenvalue weighted by atomic mass is 10.1. The van der Waals surface area contributed by atoms with Crippen molar-refractivity contribution in [3.63, 3.8) is 0 Å². The molecule has 3 aliphatic rings. The number of anilines is 2. The largest absolute Gasteiger partial charge is 0.417 e. The van der Waals surface area contributed by atoms with Crippen molar-refractivity contribution >= 4 is 46.1 Å². The second-order valence-corrected chi connectivity index (χ2v) is 13.7. The Morgan fingerprint density at radius 3 is 2.58 bits per heavy atom. The molecule has 1 aromatic carbocycles. The van der Waals surface area contributed by atoms with E-state index in [1.165, 1.54) is 17.8 Å². The third kappa shape index (κ3) is 6.51. The van der Waals surface area contributed by atoms with Gasteiger partial charge in [-0.3, -0.25) is 19.2 Å². The number of piperazine rings is 1. The summed E-state index contributed by atoms with van der Waals surface area (Å²) in [5.41, 5.74) is 0.0733. The average molecular weight is 744 g/mol. The van der Waals surface area contributed by atoms with Gasteiger partial charge in [0, 0.05) is 37.6 Å². The van der Waals surface area contributed by atoms with Crippen LogP contribution >= 0.6 is 11.6 Å². The van der Waals surface area contributed by atoms with Crippen LogP contribution in [0.25, 0.3) is 11.4 Å². The highest BCUT2D eigenvalue weighted by Gasteiger charge is 2.36. The second kappa shape index (κ2) is 13.6. The first kappa shape index (κ1) is 35.5. The molecule has 0 bridgehead atoms. The summed E-state index contributed by atoms with van der Waals surface area (Å²) in [5.74, 6) is -0.553. The average Bonchev–Trinajstić information content (AvgIpc) is 3.72. The molecule has 1 saturated heterocycles. The van der Waals surface area contributed by atoms with Crippen molar-refractivity contribution < 1.29 is 27.5 Å². The minimum atomic E-state index is -4.67. The Bertz CT molecular complexity index is 2230. The first-order valence-corrected chi connectivity index (χ1v) is 17.5. The Morgan fingerprint density at radius 1 is 1.15 bits per heavy atom. The van der Waals surface area contributed by atoms with Gasteiger partial charge in [0.1, 0.15) is 17.8 Å². The Labute approximate surface area is 299 Å². The van der Waals surface area contributed by atoms with Gasteiger partial charge in [0.2, 0.25) is 11.7 Å². The molecule has 0 radical (unpaired) electrons. The van der Waals surface area contributed by atoms with Gasteiger partial charge in [0.05, 0.1) is 35.5 Å². The molecule has 2 aliphatic heterocycles. The number of aromatic nitrogens is 6. The summed E-state index contributed by atoms with van der Waals surface area (Å²) >= 11 is 5.96. The summed E-state index contributed by atoms with van der Waals surface area (Å²) in [6, 6.07) is 1.63. The van der Waals surface area contributed by atoms with Crippen LogP contribution in [0.4, 0.5) is 24.5 Å². The number of carbonyl (C=O) groups excluding carboxylic acids is 2. The van der Waals surface area contributed by atoms with Gasteiger partial charge in [-0.25, -0.2) is 4.68 Å². The van der Waals surface area contributed by atoms with Crippen molar-refractivity contribution in [1.82, 2.24) is 33.8 Å². The summed E-state index contributed by atoms with van der Waals surface area (Å²) in [4.78, 5) is 62.6. The van der Waals surface area contributed by atoms with E-state index in [2.05, 4.69) is 15.5 Å². The monoisotopic (exact) mass is 743 g/mol. The van der Waals surface area contributed by atoms with E-state index >= 15 is 0 Å². The topological polar surface area (TPSA) is 152 Å². The van der Waals surface area contributed by atoms with Gasteiger partial charge in [-0.05, 0) is 62.8 Å². The SMILES string of the molecule is CCc1c(N2CCN(C(=O)c3c[nH]n(C4CC4)c3=O)[C@H](C)C2)c(=O)n2nc(C3=CCOCC3)nc2n1CC(=O)Nc1cc(Cl)c(C(F)(F)F)cc1C. The Morgan fingerprint density at radius 2 is 1.92 bits per heavy atom. The number of halogens is 4. The van der Waals surface area contributed by atoms with Gasteiger partial charge in [0.25, 0.3) is 17.0 Å². The molecular formula is C34H37ClF3N9O5. The van der Waals surface area contributed by atoms with Crippen molar-refractivity contribution in [3.05, 3.63) is 78.3 Å². The number of H-pyrrole nitrogens is 1. The number of benzene rings is 1. The lowest BCUT2D eigenvalue weighted by Crippen LogP contribution is -2.56. The van der Waals surface area contributed by atoms with Crippen LogP contribution in [0, 0.1) is 6.92 Å². The maximum absolute atomic E-state index is 14.3. The number of aryl methyl sites for hydroxylation is 1. The number of amides is 2. The fourth-order valence-electron chi connectivity index (χ4n) is 6.92. The maximum Gasteiger partial charge on any atom is 0.417 e. The summed E-state index contributed by atoms with van der Waals surface area (Å²) in [7, 11) is 0. The van der Waals surface area contributed by atoms with Gasteiger partial charge in [-0.1, -0.05) is 24.6 Å². The first-order valence-electron chi connectivity index (χ1n) is 17.1. The maximum atomic E-state index is 14.3. The van der Waals surface area contributed by atoms with Crippen LogP contribution in [-0.4, -0.2) is 84.5 Å². The fourth-order valence-corrected chi connectivity index (χ4v) is 7.19. The van der Waals surface area contributed by atoms with E-state index in [1.54, 1.807) is 9.47 Å². The zero-order valence-electron chi connectivity index (χ0n) is 28.7. The van der Waals surface area contributed by atoms with Gasteiger partial charge in [-0.2, -0.15) is 22.7 Å². The smallest absolute Gasteiger partial charge is 0.377 e. The standard InChI is InChI=1S/C34H37ClF3N9O5/c1-4-26-28(43-9-10-44(19(3)16-43)30(49)22-15-39-46(31(22)50)21-5-6-21)32(51)47-33(41-29(42-47)20-7-11-52-12-8-20)45(26)17-27(48)40-25-14-24(35)23(13-18(25)2)34(36,37)38/h7,13-15,19,21,39H,4-6,8-12,16-17H2,1-3H3,(H,40,48)/t19-/m1/s1. The van der Waals surface area contributed by atoms with Crippen LogP contribution in [0.3, 0.4) is 0 Å². The third-order valence-electron chi connectivity index (χ3n) is 9.75. The first-order chi connectivity index (χ1) is 24.8.